The van der Waals surface area contributed by atoms with Crippen molar-refractivity contribution in [2.45, 2.75) is 189 Å². The van der Waals surface area contributed by atoms with Gasteiger partial charge in [0.15, 0.2) is 24.7 Å². The van der Waals surface area contributed by atoms with E-state index in [1.54, 1.807) is 0 Å². The van der Waals surface area contributed by atoms with Crippen LogP contribution >= 0.6 is 0 Å². The Labute approximate surface area is 378 Å². The molecule has 3 saturated carbocycles. The van der Waals surface area contributed by atoms with E-state index >= 15 is 0 Å². The number of allylic oxidation sites excluding steroid dienone is 1. The van der Waals surface area contributed by atoms with Gasteiger partial charge >= 0.3 is 0 Å². The number of hydrogen-bond acceptors (Lipinski definition) is 19. The Balaban J connectivity index is 0.943. The Morgan fingerprint density at radius 3 is 2.25 bits per heavy atom. The summed E-state index contributed by atoms with van der Waals surface area (Å²) in [7, 11) is 0. The lowest BCUT2D eigenvalue weighted by Gasteiger charge is -2.60. The maximum atomic E-state index is 13.9. The molecule has 368 valence electrons. The minimum atomic E-state index is -1.68. The van der Waals surface area contributed by atoms with Crippen LogP contribution in [0.2, 0.25) is 0 Å². The average molecular weight is 927 g/mol. The van der Waals surface area contributed by atoms with Crippen molar-refractivity contribution in [3.05, 3.63) is 23.8 Å². The van der Waals surface area contributed by atoms with Crippen molar-refractivity contribution in [3.63, 3.8) is 0 Å². The number of aliphatic hydroxyl groups is 10. The predicted octanol–water partition coefficient (Wildman–Crippen LogP) is -1.48. The first-order valence-corrected chi connectivity index (χ1v) is 23.3. The smallest absolute Gasteiger partial charge is 0.187 e. The van der Waals surface area contributed by atoms with Crippen LogP contribution in [0.4, 0.5) is 0 Å². The Hall–Kier alpha value is -1.86. The third kappa shape index (κ3) is 8.76. The molecule has 8 aliphatic rings. The second-order valence-electron chi connectivity index (χ2n) is 20.6. The number of Topliss-reactive ketones (excluding diaryl/α,β-unsaturated/α-hetero) is 2. The molecule has 0 aromatic heterocycles. The van der Waals surface area contributed by atoms with Crippen molar-refractivity contribution in [2.75, 3.05) is 19.8 Å². The monoisotopic (exact) mass is 926 g/mol. The second-order valence-corrected chi connectivity index (χ2v) is 20.6. The number of carbonyl (C=O) groups is 2. The molecule has 4 aliphatic carbocycles. The van der Waals surface area contributed by atoms with Gasteiger partial charge < -0.3 is 84.2 Å². The molecule has 19 heteroatoms. The van der Waals surface area contributed by atoms with E-state index in [0.717, 1.165) is 24.8 Å². The van der Waals surface area contributed by atoms with Gasteiger partial charge in [-0.05, 0) is 75.5 Å². The maximum absolute atomic E-state index is 13.9. The minimum Gasteiger partial charge on any atom is -0.394 e. The number of hydrogen-bond donors (Lipinski definition) is 10. The summed E-state index contributed by atoms with van der Waals surface area (Å²) in [5.74, 6) is -0.844. The molecule has 0 aromatic carbocycles. The summed E-state index contributed by atoms with van der Waals surface area (Å²) in [4.78, 5) is 27.5. The summed E-state index contributed by atoms with van der Waals surface area (Å²) >= 11 is 0. The molecule has 0 bridgehead atoms. The van der Waals surface area contributed by atoms with Gasteiger partial charge in [0.25, 0.3) is 0 Å². The highest BCUT2D eigenvalue weighted by Gasteiger charge is 2.68. The number of fused-ring (bicyclic) bond motifs is 7. The van der Waals surface area contributed by atoms with Crippen LogP contribution in [0.15, 0.2) is 23.8 Å². The van der Waals surface area contributed by atoms with E-state index in [-0.39, 0.29) is 79.2 Å². The third-order valence-corrected chi connectivity index (χ3v) is 16.9. The topological polar surface area (TPSA) is 301 Å². The van der Waals surface area contributed by atoms with Crippen LogP contribution in [0.3, 0.4) is 0 Å². The molecule has 4 aliphatic heterocycles. The van der Waals surface area contributed by atoms with Gasteiger partial charge in [0.2, 0.25) is 0 Å². The molecular formula is C46H70O19. The van der Waals surface area contributed by atoms with Crippen LogP contribution in [-0.2, 0) is 42.7 Å². The number of aliphatic hydroxyl groups excluding tert-OH is 10. The molecule has 65 heavy (non-hydrogen) atoms. The largest absolute Gasteiger partial charge is 0.394 e. The molecule has 25 atom stereocenters. The molecule has 0 spiro atoms. The number of rotatable bonds is 13. The Morgan fingerprint density at radius 1 is 0.831 bits per heavy atom. The summed E-state index contributed by atoms with van der Waals surface area (Å²) in [6.45, 7) is 10.4. The van der Waals surface area contributed by atoms with Crippen molar-refractivity contribution in [3.8, 4) is 0 Å². The first kappa shape index (κ1) is 49.6. The maximum Gasteiger partial charge on any atom is 0.187 e. The zero-order chi connectivity index (χ0) is 47.0. The lowest BCUT2D eigenvalue weighted by molar-refractivity contribution is -0.362. The zero-order valence-electron chi connectivity index (χ0n) is 37.5. The standard InChI is InChI=1S/C46H70O19/c1-18(16-59-42-38(57)37(56)35(54)29(15-47)63-42)6-9-26(50)40-31(19(2)48)32-28(62-40)14-25-23-8-7-21-12-22(49)13-30(46(21,5)24(23)10-11-45(25,32)4)64-44-41(34(53)27(51)17-60-44)65-43-39(58)36(55)33(52)20(3)61-43/h7,20,22-25,27-44,47,49,51-58H,1,6,8-17H2,2-5H3/t20-,22+,23+,24-,25-,27-,28-,29+,30+,31+,32+,33-,34-,35+,36+,37-,38+,39+,40+,41+,42+,43-,44-,45-,46-/m0/s1. The Kier molecular flexibility index (Phi) is 14.6. The van der Waals surface area contributed by atoms with E-state index < -0.39 is 122 Å². The van der Waals surface area contributed by atoms with Gasteiger partial charge in [0.05, 0.1) is 50.2 Å². The van der Waals surface area contributed by atoms with Gasteiger partial charge in [0, 0.05) is 24.2 Å². The SMILES string of the molecule is C=C(CCC(=O)[C@H]1O[C@H]2C[C@H]3[C@@H]4CC=C5C[C@@H](O)C[C@@H](O[C@@H]6OC[C@H](O)[C@H](O)[C@H]6O[C@@H]6O[C@@H](C)[C@H](O)[C@@H](O)[C@H]6O)[C@]5(C)[C@H]4CC[C@]3(C)[C@H]2[C@H]1C(C)=O)CO[C@@H]1O[C@H](CO)[C@@H](O)[C@H](O)[C@H]1O. The van der Waals surface area contributed by atoms with Gasteiger partial charge in [-0.15, -0.1) is 0 Å². The summed E-state index contributed by atoms with van der Waals surface area (Å²) in [5, 5.41) is 104. The molecule has 19 nitrogen and oxygen atoms in total. The van der Waals surface area contributed by atoms with Crippen LogP contribution in [0.25, 0.3) is 0 Å². The Morgan fingerprint density at radius 2 is 1.54 bits per heavy atom. The lowest BCUT2D eigenvalue weighted by atomic mass is 9.46. The molecular weight excluding hydrogens is 856 g/mol. The third-order valence-electron chi connectivity index (χ3n) is 16.9. The normalized spacial score (nSPS) is 51.8. The highest BCUT2D eigenvalue weighted by atomic mass is 16.8. The molecule has 0 aromatic rings. The van der Waals surface area contributed by atoms with Crippen molar-refractivity contribution in [2.24, 2.45) is 40.4 Å². The van der Waals surface area contributed by atoms with Crippen molar-refractivity contribution in [1.29, 1.82) is 0 Å². The van der Waals surface area contributed by atoms with Gasteiger partial charge in [0.1, 0.15) is 72.9 Å². The molecule has 8 rings (SSSR count). The van der Waals surface area contributed by atoms with E-state index in [2.05, 4.69) is 26.5 Å². The van der Waals surface area contributed by atoms with Crippen LogP contribution in [0, 0.1) is 40.4 Å². The summed E-state index contributed by atoms with van der Waals surface area (Å²) in [6, 6.07) is 0. The first-order valence-electron chi connectivity index (χ1n) is 23.3. The molecule has 0 unspecified atom stereocenters. The van der Waals surface area contributed by atoms with Crippen molar-refractivity contribution >= 4 is 11.6 Å². The fraction of sp³-hybridized carbons (Fsp3) is 0.870. The van der Waals surface area contributed by atoms with E-state index in [0.29, 0.717) is 18.4 Å². The van der Waals surface area contributed by atoms with E-state index in [4.69, 9.17) is 33.2 Å². The van der Waals surface area contributed by atoms with Crippen LogP contribution < -0.4 is 0 Å². The van der Waals surface area contributed by atoms with Gasteiger partial charge in [-0.2, -0.15) is 0 Å². The number of carbonyl (C=O) groups excluding carboxylic acids is 2. The quantitative estimate of drug-likeness (QED) is 0.0942. The summed E-state index contributed by atoms with van der Waals surface area (Å²) in [5.41, 5.74) is 0.598. The fourth-order valence-corrected chi connectivity index (χ4v) is 13.3. The summed E-state index contributed by atoms with van der Waals surface area (Å²) < 4.78 is 42.1. The molecule has 10 N–H and O–H groups in total. The molecule has 0 radical (unpaired) electrons. The molecule has 7 fully saturated rings. The first-order chi connectivity index (χ1) is 30.7. The highest BCUT2D eigenvalue weighted by molar-refractivity contribution is 5.91. The molecule has 4 saturated heterocycles. The number of ether oxygens (including phenoxy) is 7. The average Bonchev–Trinajstić information content (AvgIpc) is 3.80. The predicted molar refractivity (Wildman–Crippen MR) is 222 cm³/mol. The highest BCUT2D eigenvalue weighted by Crippen LogP contribution is 2.69. The lowest BCUT2D eigenvalue weighted by Crippen LogP contribution is -2.63. The van der Waals surface area contributed by atoms with Crippen molar-refractivity contribution < 1.29 is 93.8 Å². The van der Waals surface area contributed by atoms with Gasteiger partial charge in [-0.1, -0.05) is 37.6 Å². The van der Waals surface area contributed by atoms with E-state index in [1.807, 2.05) is 0 Å². The fourth-order valence-electron chi connectivity index (χ4n) is 13.3. The Bertz CT molecular complexity index is 1780. The van der Waals surface area contributed by atoms with Crippen LogP contribution in [-0.4, -0.2) is 193 Å². The molecule has 0 amide bonds. The van der Waals surface area contributed by atoms with E-state index in [9.17, 15) is 60.7 Å². The molecule has 4 heterocycles. The second kappa shape index (κ2) is 19.1. The van der Waals surface area contributed by atoms with Crippen molar-refractivity contribution in [1.82, 2.24) is 0 Å². The van der Waals surface area contributed by atoms with Gasteiger partial charge in [-0.25, -0.2) is 0 Å². The minimum absolute atomic E-state index is 0.0276. The zero-order valence-corrected chi connectivity index (χ0v) is 37.5. The van der Waals surface area contributed by atoms with Crippen LogP contribution in [0.1, 0.15) is 79.1 Å². The van der Waals surface area contributed by atoms with Crippen LogP contribution in [0.5, 0.6) is 0 Å². The number of ketones is 2. The van der Waals surface area contributed by atoms with Gasteiger partial charge in [-0.3, -0.25) is 9.59 Å². The summed E-state index contributed by atoms with van der Waals surface area (Å²) in [6.07, 6.45) is -16.4. The van der Waals surface area contributed by atoms with E-state index in [1.165, 1.54) is 13.8 Å².